The molecule has 0 unspecified atom stereocenters. The summed E-state index contributed by atoms with van der Waals surface area (Å²) in [6.45, 7) is 0.624. The van der Waals surface area contributed by atoms with Gasteiger partial charge in [0.25, 0.3) is 0 Å². The van der Waals surface area contributed by atoms with Crippen LogP contribution in [-0.4, -0.2) is 31.4 Å². The molecule has 0 radical (unpaired) electrons. The van der Waals surface area contributed by atoms with Gasteiger partial charge in [0, 0.05) is 0 Å². The average Bonchev–Trinajstić information content (AvgIpc) is 2.03. The van der Waals surface area contributed by atoms with Crippen molar-refractivity contribution in [2.24, 2.45) is 0 Å². The zero-order valence-electron chi connectivity index (χ0n) is 5.92. The van der Waals surface area contributed by atoms with E-state index in [1.807, 2.05) is 0 Å². The smallest absolute Gasteiger partial charge is 0.152 e. The highest BCUT2D eigenvalue weighted by Crippen LogP contribution is 1.86. The van der Waals surface area contributed by atoms with Crippen LogP contribution in [0.2, 0.25) is 0 Å². The minimum absolute atomic E-state index is 0.181. The van der Waals surface area contributed by atoms with Crippen LogP contribution in [0.3, 0.4) is 0 Å². The predicted molar refractivity (Wildman–Crippen MR) is 46.5 cm³/mol. The maximum absolute atomic E-state index is 4.85. The lowest BCUT2D eigenvalue weighted by Gasteiger charge is -2.04. The Morgan fingerprint density at radius 2 is 1.00 bits per heavy atom. The lowest BCUT2D eigenvalue weighted by atomic mass is 11.2. The van der Waals surface area contributed by atoms with Gasteiger partial charge in [-0.15, -0.1) is 0 Å². The summed E-state index contributed by atoms with van der Waals surface area (Å²) in [5, 5.41) is 0. The molecule has 11 heavy (non-hydrogen) atoms. The van der Waals surface area contributed by atoms with Gasteiger partial charge in [0.05, 0.1) is 0 Å². The molecule has 0 spiro atoms. The molecule has 4 nitrogen and oxygen atoms in total. The third-order valence-corrected chi connectivity index (χ3v) is 1.30. The number of halogens is 2. The number of ether oxygens (including phenoxy) is 4. The summed E-state index contributed by atoms with van der Waals surface area (Å²) < 4.78 is 19.3. The fourth-order valence-electron chi connectivity index (χ4n) is 0.308. The summed E-state index contributed by atoms with van der Waals surface area (Å²) >= 11 is 6.14. The van der Waals surface area contributed by atoms with E-state index >= 15 is 0 Å². The number of alkyl halides is 2. The Bertz CT molecular complexity index is 65.5. The van der Waals surface area contributed by atoms with Gasteiger partial charge in [-0.3, -0.25) is 0 Å². The van der Waals surface area contributed by atoms with E-state index in [1.54, 1.807) is 0 Å². The van der Waals surface area contributed by atoms with Gasteiger partial charge in [0.1, 0.15) is 11.0 Å². The molecule has 0 rings (SSSR count). The molecule has 6 heteroatoms. The van der Waals surface area contributed by atoms with E-state index in [-0.39, 0.29) is 20.4 Å². The Balaban J connectivity index is 2.69. The number of hydrogen-bond donors (Lipinski definition) is 0. The van der Waals surface area contributed by atoms with Crippen LogP contribution in [0.4, 0.5) is 0 Å². The molecule has 68 valence electrons. The summed E-state index contributed by atoms with van der Waals surface area (Å²) in [6, 6.07) is 0. The molecule has 0 saturated heterocycles. The van der Waals surface area contributed by atoms with E-state index in [2.05, 4.69) is 31.9 Å². The third kappa shape index (κ3) is 10.8. The Kier molecular flexibility index (Phi) is 11.6. The van der Waals surface area contributed by atoms with Crippen LogP contribution in [0.25, 0.3) is 0 Å². The van der Waals surface area contributed by atoms with Gasteiger partial charge >= 0.3 is 0 Å². The molecular weight excluding hydrogens is 284 g/mol. The van der Waals surface area contributed by atoms with E-state index in [9.17, 15) is 0 Å². The van der Waals surface area contributed by atoms with Gasteiger partial charge in [-0.25, -0.2) is 0 Å². The van der Waals surface area contributed by atoms with E-state index in [0.717, 1.165) is 0 Å². The zero-order chi connectivity index (χ0) is 8.36. The third-order valence-electron chi connectivity index (χ3n) is 0.654. The van der Waals surface area contributed by atoms with Crippen LogP contribution in [0, 0.1) is 0 Å². The van der Waals surface area contributed by atoms with Crippen LogP contribution >= 0.6 is 31.9 Å². The molecule has 0 aromatic rings. The Labute approximate surface area is 82.4 Å². The summed E-state index contributed by atoms with van der Waals surface area (Å²) in [5.74, 6) is 0. The molecule has 0 aromatic carbocycles. The van der Waals surface area contributed by atoms with Crippen molar-refractivity contribution in [2.75, 3.05) is 31.4 Å². The first-order chi connectivity index (χ1) is 5.41. The lowest BCUT2D eigenvalue weighted by Crippen LogP contribution is -2.06. The van der Waals surface area contributed by atoms with E-state index in [1.165, 1.54) is 0 Å². The van der Waals surface area contributed by atoms with Gasteiger partial charge < -0.3 is 18.9 Å². The van der Waals surface area contributed by atoms with Crippen LogP contribution < -0.4 is 0 Å². The molecule has 0 amide bonds. The highest BCUT2D eigenvalue weighted by atomic mass is 79.9. The predicted octanol–water partition coefficient (Wildman–Crippen LogP) is 1.63. The minimum atomic E-state index is 0.181. The second-order valence-electron chi connectivity index (χ2n) is 1.39. The summed E-state index contributed by atoms with van der Waals surface area (Å²) in [6.07, 6.45) is 0. The van der Waals surface area contributed by atoms with Crippen LogP contribution in [0.1, 0.15) is 0 Å². The van der Waals surface area contributed by atoms with E-state index in [0.29, 0.717) is 11.0 Å². The monoisotopic (exact) mass is 292 g/mol. The van der Waals surface area contributed by atoms with Crippen molar-refractivity contribution >= 4 is 31.9 Å². The van der Waals surface area contributed by atoms with E-state index in [4.69, 9.17) is 18.9 Å². The van der Waals surface area contributed by atoms with Gasteiger partial charge in [0.15, 0.2) is 20.4 Å². The molecule has 0 saturated carbocycles. The second kappa shape index (κ2) is 10.8. The molecular formula is C5H10Br2O4. The molecule has 0 aliphatic heterocycles. The first-order valence-electron chi connectivity index (χ1n) is 2.84. The zero-order valence-corrected chi connectivity index (χ0v) is 9.10. The Morgan fingerprint density at radius 3 is 1.36 bits per heavy atom. The van der Waals surface area contributed by atoms with Crippen LogP contribution in [0.5, 0.6) is 0 Å². The molecule has 0 atom stereocenters. The molecule has 0 aliphatic carbocycles. The highest BCUT2D eigenvalue weighted by molar-refractivity contribution is 9.09. The molecule has 0 aliphatic rings. The molecule has 0 heterocycles. The first kappa shape index (κ1) is 11.8. The SMILES string of the molecule is BrCOCOCOCOCBr. The Hall–Kier alpha value is 0.800. The molecule has 0 N–H and O–H groups in total. The van der Waals surface area contributed by atoms with Crippen molar-refractivity contribution in [2.45, 2.75) is 0 Å². The fourth-order valence-corrected chi connectivity index (χ4v) is 0.572. The molecule has 0 bridgehead atoms. The largest absolute Gasteiger partial charge is 0.344 e. The summed E-state index contributed by atoms with van der Waals surface area (Å²) in [7, 11) is 0. The molecule has 0 aromatic heterocycles. The van der Waals surface area contributed by atoms with Gasteiger partial charge in [-0.05, 0) is 0 Å². The highest BCUT2D eigenvalue weighted by Gasteiger charge is 1.86. The van der Waals surface area contributed by atoms with Gasteiger partial charge in [0.2, 0.25) is 0 Å². The minimum Gasteiger partial charge on any atom is -0.344 e. The van der Waals surface area contributed by atoms with Crippen LogP contribution in [-0.2, 0) is 18.9 Å². The fraction of sp³-hybridized carbons (Fsp3) is 1.00. The van der Waals surface area contributed by atoms with Crippen molar-refractivity contribution in [1.29, 1.82) is 0 Å². The van der Waals surface area contributed by atoms with Crippen molar-refractivity contribution < 1.29 is 18.9 Å². The molecule has 0 fully saturated rings. The van der Waals surface area contributed by atoms with Crippen molar-refractivity contribution in [3.8, 4) is 0 Å². The maximum atomic E-state index is 4.85. The Morgan fingerprint density at radius 1 is 0.636 bits per heavy atom. The van der Waals surface area contributed by atoms with Crippen molar-refractivity contribution in [3.05, 3.63) is 0 Å². The van der Waals surface area contributed by atoms with Gasteiger partial charge in [-0.2, -0.15) is 0 Å². The first-order valence-corrected chi connectivity index (χ1v) is 5.09. The topological polar surface area (TPSA) is 36.9 Å². The quantitative estimate of drug-likeness (QED) is 0.387. The maximum Gasteiger partial charge on any atom is 0.152 e. The number of rotatable bonds is 8. The second-order valence-corrected chi connectivity index (χ2v) is 2.30. The lowest BCUT2D eigenvalue weighted by molar-refractivity contribution is -0.160. The summed E-state index contributed by atoms with van der Waals surface area (Å²) in [4.78, 5) is 0. The summed E-state index contributed by atoms with van der Waals surface area (Å²) in [5.41, 5.74) is 0.926. The van der Waals surface area contributed by atoms with Gasteiger partial charge in [-0.1, -0.05) is 31.9 Å². The van der Waals surface area contributed by atoms with Crippen molar-refractivity contribution in [3.63, 3.8) is 0 Å². The normalized spacial score (nSPS) is 10.4. The average molecular weight is 294 g/mol. The number of hydrogen-bond acceptors (Lipinski definition) is 4. The standard InChI is InChI=1S/C5H10Br2O4/c6-1-8-3-10-5-11-4-9-2-7/h1-5H2. The van der Waals surface area contributed by atoms with Crippen molar-refractivity contribution in [1.82, 2.24) is 0 Å². The van der Waals surface area contributed by atoms with E-state index < -0.39 is 0 Å². The van der Waals surface area contributed by atoms with Crippen LogP contribution in [0.15, 0.2) is 0 Å².